The van der Waals surface area contributed by atoms with E-state index in [2.05, 4.69) is 31.2 Å². The molecule has 1 N–H and O–H groups in total. The first-order valence-electron chi connectivity index (χ1n) is 7.85. The van der Waals surface area contributed by atoms with Crippen LogP contribution in [0.3, 0.4) is 0 Å². The number of aromatic nitrogens is 2. The number of hydrogen-bond donors (Lipinski definition) is 1. The number of rotatable bonds is 6. The predicted octanol–water partition coefficient (Wildman–Crippen LogP) is 3.75. The highest BCUT2D eigenvalue weighted by Gasteiger charge is 2.21. The van der Waals surface area contributed by atoms with Gasteiger partial charge in [-0.2, -0.15) is 5.10 Å². The summed E-state index contributed by atoms with van der Waals surface area (Å²) in [5.41, 5.74) is 4.60. The van der Waals surface area contributed by atoms with E-state index >= 15 is 0 Å². The topological polar surface area (TPSA) is 73.0 Å². The van der Waals surface area contributed by atoms with E-state index < -0.39 is 0 Å². The molecule has 1 heterocycles. The van der Waals surface area contributed by atoms with Crippen molar-refractivity contribution >= 4 is 5.69 Å². The highest BCUT2D eigenvalue weighted by molar-refractivity contribution is 5.34. The van der Waals surface area contributed by atoms with E-state index in [4.69, 9.17) is 0 Å². The van der Waals surface area contributed by atoms with Gasteiger partial charge in [-0.1, -0.05) is 19.1 Å². The average Bonchev–Trinajstić information content (AvgIpc) is 2.78. The molecule has 0 fully saturated rings. The minimum absolute atomic E-state index is 0.0970. The van der Waals surface area contributed by atoms with Gasteiger partial charge in [-0.25, -0.2) is 0 Å². The molecule has 124 valence electrons. The molecule has 23 heavy (non-hydrogen) atoms. The highest BCUT2D eigenvalue weighted by Crippen LogP contribution is 2.27. The number of hydrogen-bond acceptors (Lipinski definition) is 4. The van der Waals surface area contributed by atoms with Crippen LogP contribution in [0.25, 0.3) is 0 Å². The van der Waals surface area contributed by atoms with Gasteiger partial charge in [-0.05, 0) is 32.8 Å². The average molecular weight is 316 g/mol. The van der Waals surface area contributed by atoms with Crippen molar-refractivity contribution in [3.05, 3.63) is 56.9 Å². The van der Waals surface area contributed by atoms with Crippen LogP contribution in [0, 0.1) is 24.0 Å². The normalized spacial score (nSPS) is 13.8. The molecule has 0 radical (unpaired) electrons. The Kier molecular flexibility index (Phi) is 5.15. The van der Waals surface area contributed by atoms with Crippen LogP contribution in [-0.4, -0.2) is 14.7 Å². The SMILES string of the molecule is CC[C@H](N[C@@H](C)c1ccc([N+](=O)[O-])cc1)c1c(C)nn(C)c1C. The van der Waals surface area contributed by atoms with E-state index in [0.29, 0.717) is 0 Å². The second-order valence-corrected chi connectivity index (χ2v) is 5.91. The molecule has 2 rings (SSSR count). The molecule has 0 aliphatic carbocycles. The Morgan fingerprint density at radius 3 is 2.35 bits per heavy atom. The Morgan fingerprint density at radius 2 is 1.91 bits per heavy atom. The van der Waals surface area contributed by atoms with Gasteiger partial charge in [0.15, 0.2) is 0 Å². The van der Waals surface area contributed by atoms with Crippen molar-refractivity contribution in [2.24, 2.45) is 7.05 Å². The van der Waals surface area contributed by atoms with Crippen molar-refractivity contribution in [2.45, 2.75) is 46.2 Å². The smallest absolute Gasteiger partial charge is 0.269 e. The molecule has 0 spiro atoms. The van der Waals surface area contributed by atoms with Gasteiger partial charge in [-0.15, -0.1) is 0 Å². The molecule has 0 bridgehead atoms. The number of benzene rings is 1. The lowest BCUT2D eigenvalue weighted by Crippen LogP contribution is -2.25. The first kappa shape index (κ1) is 17.1. The van der Waals surface area contributed by atoms with E-state index in [-0.39, 0.29) is 22.7 Å². The minimum atomic E-state index is -0.376. The quantitative estimate of drug-likeness (QED) is 0.650. The molecule has 0 amide bonds. The second-order valence-electron chi connectivity index (χ2n) is 5.91. The number of non-ortho nitro benzene ring substituents is 1. The van der Waals surface area contributed by atoms with E-state index in [1.54, 1.807) is 12.1 Å². The van der Waals surface area contributed by atoms with Crippen LogP contribution in [0.4, 0.5) is 5.69 Å². The molecule has 0 saturated carbocycles. The van der Waals surface area contributed by atoms with Crippen LogP contribution in [0.2, 0.25) is 0 Å². The first-order chi connectivity index (χ1) is 10.8. The number of nitro groups is 1. The van der Waals surface area contributed by atoms with Crippen molar-refractivity contribution in [1.82, 2.24) is 15.1 Å². The molecule has 0 aliphatic heterocycles. The zero-order valence-electron chi connectivity index (χ0n) is 14.3. The molecule has 2 aromatic rings. The summed E-state index contributed by atoms with van der Waals surface area (Å²) in [6.07, 6.45) is 0.949. The lowest BCUT2D eigenvalue weighted by atomic mass is 9.99. The van der Waals surface area contributed by atoms with Crippen molar-refractivity contribution in [2.75, 3.05) is 0 Å². The number of nitrogens with one attached hydrogen (secondary N) is 1. The van der Waals surface area contributed by atoms with Gasteiger partial charge in [0.05, 0.1) is 10.6 Å². The monoisotopic (exact) mass is 316 g/mol. The van der Waals surface area contributed by atoms with Gasteiger partial charge in [0.2, 0.25) is 0 Å². The number of nitrogens with zero attached hydrogens (tertiary/aromatic N) is 3. The maximum Gasteiger partial charge on any atom is 0.269 e. The Hall–Kier alpha value is -2.21. The molecule has 6 heteroatoms. The summed E-state index contributed by atoms with van der Waals surface area (Å²) in [5.74, 6) is 0. The third-order valence-corrected chi connectivity index (χ3v) is 4.38. The largest absolute Gasteiger partial charge is 0.303 e. The summed E-state index contributed by atoms with van der Waals surface area (Å²) >= 11 is 0. The molecule has 2 atom stereocenters. The summed E-state index contributed by atoms with van der Waals surface area (Å²) in [6, 6.07) is 7.02. The zero-order valence-corrected chi connectivity index (χ0v) is 14.3. The Bertz CT molecular complexity index is 691. The molecule has 0 aliphatic rings. The molecule has 0 unspecified atom stereocenters. The summed E-state index contributed by atoms with van der Waals surface area (Å²) in [6.45, 7) is 8.33. The van der Waals surface area contributed by atoms with E-state index in [1.165, 1.54) is 5.56 Å². The van der Waals surface area contributed by atoms with Crippen molar-refractivity contribution < 1.29 is 4.92 Å². The van der Waals surface area contributed by atoms with E-state index in [9.17, 15) is 10.1 Å². The lowest BCUT2D eigenvalue weighted by Gasteiger charge is -2.23. The fourth-order valence-electron chi connectivity index (χ4n) is 2.98. The maximum absolute atomic E-state index is 10.7. The summed E-state index contributed by atoms with van der Waals surface area (Å²) in [7, 11) is 1.96. The van der Waals surface area contributed by atoms with Gasteiger partial charge < -0.3 is 5.32 Å². The molecular formula is C17H24N4O2. The molecule has 0 saturated heterocycles. The summed E-state index contributed by atoms with van der Waals surface area (Å²) in [5, 5.41) is 18.9. The Morgan fingerprint density at radius 1 is 1.30 bits per heavy atom. The molecule has 1 aromatic carbocycles. The van der Waals surface area contributed by atoms with Gasteiger partial charge in [0, 0.05) is 42.5 Å². The Balaban J connectivity index is 2.19. The van der Waals surface area contributed by atoms with Crippen LogP contribution in [0.15, 0.2) is 24.3 Å². The molecular weight excluding hydrogens is 292 g/mol. The summed E-state index contributed by atoms with van der Waals surface area (Å²) < 4.78 is 1.91. The van der Waals surface area contributed by atoms with Crippen LogP contribution in [-0.2, 0) is 7.05 Å². The van der Waals surface area contributed by atoms with Gasteiger partial charge in [0.25, 0.3) is 5.69 Å². The van der Waals surface area contributed by atoms with Gasteiger partial charge >= 0.3 is 0 Å². The third kappa shape index (κ3) is 3.59. The fourth-order valence-corrected chi connectivity index (χ4v) is 2.98. The number of aryl methyl sites for hydroxylation is 2. The van der Waals surface area contributed by atoms with Crippen molar-refractivity contribution in [1.29, 1.82) is 0 Å². The van der Waals surface area contributed by atoms with Crippen LogP contribution < -0.4 is 5.32 Å². The Labute approximate surface area is 136 Å². The van der Waals surface area contributed by atoms with E-state index in [1.807, 2.05) is 30.8 Å². The lowest BCUT2D eigenvalue weighted by molar-refractivity contribution is -0.384. The van der Waals surface area contributed by atoms with E-state index in [0.717, 1.165) is 23.4 Å². The van der Waals surface area contributed by atoms with Gasteiger partial charge in [0.1, 0.15) is 0 Å². The van der Waals surface area contributed by atoms with Crippen LogP contribution in [0.5, 0.6) is 0 Å². The van der Waals surface area contributed by atoms with Crippen LogP contribution >= 0.6 is 0 Å². The van der Waals surface area contributed by atoms with Gasteiger partial charge in [-0.3, -0.25) is 14.8 Å². The predicted molar refractivity (Wildman–Crippen MR) is 90.4 cm³/mol. The third-order valence-electron chi connectivity index (χ3n) is 4.38. The maximum atomic E-state index is 10.7. The van der Waals surface area contributed by atoms with Crippen molar-refractivity contribution in [3.63, 3.8) is 0 Å². The summed E-state index contributed by atoms with van der Waals surface area (Å²) in [4.78, 5) is 10.4. The highest BCUT2D eigenvalue weighted by atomic mass is 16.6. The zero-order chi connectivity index (χ0) is 17.1. The minimum Gasteiger partial charge on any atom is -0.303 e. The molecule has 6 nitrogen and oxygen atoms in total. The second kappa shape index (κ2) is 6.91. The molecule has 1 aromatic heterocycles. The first-order valence-corrected chi connectivity index (χ1v) is 7.85. The number of nitro benzene ring substituents is 1. The standard InChI is InChI=1S/C17H24N4O2/c1-6-16(17-12(3)19-20(5)13(17)4)18-11(2)14-7-9-15(10-8-14)21(22)23/h7-11,16,18H,6H2,1-5H3/t11-,16-/m0/s1. The van der Waals surface area contributed by atoms with Crippen LogP contribution in [0.1, 0.15) is 54.9 Å². The fraction of sp³-hybridized carbons (Fsp3) is 0.471. The van der Waals surface area contributed by atoms with Crippen molar-refractivity contribution in [3.8, 4) is 0 Å².